The molecule has 0 bridgehead atoms. The number of carbonyl (C=O) groups excluding carboxylic acids is 2. The van der Waals surface area contributed by atoms with Gasteiger partial charge in [-0.25, -0.2) is 0 Å². The van der Waals surface area contributed by atoms with Crippen molar-refractivity contribution < 1.29 is 9.59 Å². The lowest BCUT2D eigenvalue weighted by molar-refractivity contribution is -0.129. The number of rotatable bonds is 3. The summed E-state index contributed by atoms with van der Waals surface area (Å²) in [5.41, 5.74) is 2.83. The first-order valence-electron chi connectivity index (χ1n) is 7.52. The molecule has 4 heteroatoms. The molecule has 1 atom stereocenters. The second-order valence-corrected chi connectivity index (χ2v) is 6.20. The quantitative estimate of drug-likeness (QED) is 0.929. The van der Waals surface area contributed by atoms with Crippen LogP contribution in [0.4, 0.5) is 5.69 Å². The van der Waals surface area contributed by atoms with E-state index < -0.39 is 5.41 Å². The predicted molar refractivity (Wildman–Crippen MR) is 84.2 cm³/mol. The van der Waals surface area contributed by atoms with Crippen LogP contribution in [0.2, 0.25) is 0 Å². The van der Waals surface area contributed by atoms with E-state index >= 15 is 0 Å². The second kappa shape index (κ2) is 5.88. The molecule has 0 radical (unpaired) electrons. The fourth-order valence-corrected chi connectivity index (χ4v) is 2.83. The van der Waals surface area contributed by atoms with Crippen LogP contribution in [0.15, 0.2) is 18.2 Å². The summed E-state index contributed by atoms with van der Waals surface area (Å²) in [6.45, 7) is 8.83. The average Bonchev–Trinajstić information content (AvgIpc) is 2.85. The number of anilines is 1. The number of carbonyl (C=O) groups is 2. The summed E-state index contributed by atoms with van der Waals surface area (Å²) in [7, 11) is 0. The molecule has 1 aromatic rings. The zero-order chi connectivity index (χ0) is 15.6. The van der Waals surface area contributed by atoms with Gasteiger partial charge in [0.05, 0.1) is 5.41 Å². The molecule has 1 unspecified atom stereocenters. The lowest BCUT2D eigenvalue weighted by Gasteiger charge is -2.23. The van der Waals surface area contributed by atoms with Crippen LogP contribution in [0.1, 0.15) is 38.3 Å². The smallest absolute Gasteiger partial charge is 0.232 e. The maximum Gasteiger partial charge on any atom is 0.232 e. The summed E-state index contributed by atoms with van der Waals surface area (Å²) in [4.78, 5) is 25.7. The van der Waals surface area contributed by atoms with Gasteiger partial charge in [-0.3, -0.25) is 9.59 Å². The summed E-state index contributed by atoms with van der Waals surface area (Å²) >= 11 is 0. The number of nitrogens with zero attached hydrogens (tertiary/aromatic N) is 1. The van der Waals surface area contributed by atoms with E-state index in [9.17, 15) is 9.59 Å². The Bertz CT molecular complexity index is 568. The molecule has 2 amide bonds. The number of likely N-dealkylation sites (tertiary alicyclic amines) is 1. The molecule has 0 aromatic heterocycles. The molecular weight excluding hydrogens is 264 g/mol. The maximum absolute atomic E-state index is 12.5. The third-order valence-corrected chi connectivity index (χ3v) is 4.45. The minimum atomic E-state index is -0.497. The van der Waals surface area contributed by atoms with Crippen molar-refractivity contribution in [2.75, 3.05) is 18.4 Å². The van der Waals surface area contributed by atoms with Crippen LogP contribution >= 0.6 is 0 Å². The molecule has 0 saturated carbocycles. The van der Waals surface area contributed by atoms with Crippen LogP contribution in [0.5, 0.6) is 0 Å². The largest absolute Gasteiger partial charge is 0.342 e. The van der Waals surface area contributed by atoms with Gasteiger partial charge in [0, 0.05) is 25.7 Å². The van der Waals surface area contributed by atoms with E-state index in [-0.39, 0.29) is 11.8 Å². The van der Waals surface area contributed by atoms with E-state index in [0.29, 0.717) is 19.5 Å². The van der Waals surface area contributed by atoms with Gasteiger partial charge in [0.1, 0.15) is 0 Å². The average molecular weight is 288 g/mol. The van der Waals surface area contributed by atoms with Crippen molar-refractivity contribution in [1.82, 2.24) is 4.90 Å². The van der Waals surface area contributed by atoms with Crippen molar-refractivity contribution in [3.63, 3.8) is 0 Å². The van der Waals surface area contributed by atoms with Gasteiger partial charge in [-0.2, -0.15) is 0 Å². The highest BCUT2D eigenvalue weighted by molar-refractivity contribution is 5.96. The zero-order valence-electron chi connectivity index (χ0n) is 13.3. The van der Waals surface area contributed by atoms with Crippen LogP contribution in [-0.2, 0) is 16.0 Å². The Hall–Kier alpha value is -1.84. The summed E-state index contributed by atoms with van der Waals surface area (Å²) in [6, 6.07) is 6.01. The Kier molecular flexibility index (Phi) is 4.35. The van der Waals surface area contributed by atoms with Crippen molar-refractivity contribution in [2.45, 2.75) is 40.5 Å². The summed E-state index contributed by atoms with van der Waals surface area (Å²) in [6.07, 6.45) is 1.66. The predicted octanol–water partition coefficient (Wildman–Crippen LogP) is 2.75. The number of benzene rings is 1. The third kappa shape index (κ3) is 3.26. The fraction of sp³-hybridized carbons (Fsp3) is 0.529. The van der Waals surface area contributed by atoms with Gasteiger partial charge in [0.15, 0.2) is 0 Å². The molecule has 1 saturated heterocycles. The Morgan fingerprint density at radius 3 is 2.67 bits per heavy atom. The van der Waals surface area contributed by atoms with E-state index in [4.69, 9.17) is 0 Å². The minimum Gasteiger partial charge on any atom is -0.342 e. The van der Waals surface area contributed by atoms with Crippen LogP contribution in [-0.4, -0.2) is 29.8 Å². The Morgan fingerprint density at radius 1 is 1.38 bits per heavy atom. The number of hydrogen-bond acceptors (Lipinski definition) is 2. The Labute approximate surface area is 126 Å². The van der Waals surface area contributed by atoms with Crippen LogP contribution < -0.4 is 5.32 Å². The topological polar surface area (TPSA) is 49.4 Å². The number of hydrogen-bond donors (Lipinski definition) is 1. The van der Waals surface area contributed by atoms with Crippen molar-refractivity contribution in [1.29, 1.82) is 0 Å². The molecule has 1 aliphatic rings. The molecule has 1 aromatic carbocycles. The first-order chi connectivity index (χ1) is 9.85. The van der Waals surface area contributed by atoms with Crippen LogP contribution in [0.3, 0.4) is 0 Å². The highest BCUT2D eigenvalue weighted by atomic mass is 16.2. The Balaban J connectivity index is 2.09. The lowest BCUT2D eigenvalue weighted by Crippen LogP contribution is -2.37. The van der Waals surface area contributed by atoms with Gasteiger partial charge in [0.25, 0.3) is 0 Å². The first-order valence-corrected chi connectivity index (χ1v) is 7.52. The molecule has 1 N–H and O–H groups in total. The van der Waals surface area contributed by atoms with Crippen molar-refractivity contribution in [3.05, 3.63) is 29.3 Å². The first kappa shape index (κ1) is 15.5. The zero-order valence-corrected chi connectivity index (χ0v) is 13.3. The van der Waals surface area contributed by atoms with E-state index in [1.54, 1.807) is 11.8 Å². The molecule has 114 valence electrons. The summed E-state index contributed by atoms with van der Waals surface area (Å²) < 4.78 is 0. The van der Waals surface area contributed by atoms with Crippen LogP contribution in [0, 0.1) is 12.3 Å². The molecule has 1 heterocycles. The molecule has 0 aliphatic carbocycles. The molecular formula is C17H24N2O2. The van der Waals surface area contributed by atoms with Gasteiger partial charge in [-0.05, 0) is 49.9 Å². The minimum absolute atomic E-state index is 0.00263. The highest BCUT2D eigenvalue weighted by Crippen LogP contribution is 2.31. The molecule has 21 heavy (non-hydrogen) atoms. The summed E-state index contributed by atoms with van der Waals surface area (Å²) in [5, 5.41) is 3.01. The van der Waals surface area contributed by atoms with Crippen molar-refractivity contribution >= 4 is 17.5 Å². The third-order valence-electron chi connectivity index (χ3n) is 4.45. The Morgan fingerprint density at radius 2 is 2.10 bits per heavy atom. The number of amides is 2. The molecule has 1 fully saturated rings. The van der Waals surface area contributed by atoms with E-state index in [1.807, 2.05) is 25.1 Å². The monoisotopic (exact) mass is 288 g/mol. The van der Waals surface area contributed by atoms with Gasteiger partial charge >= 0.3 is 0 Å². The summed E-state index contributed by atoms with van der Waals surface area (Å²) in [5.74, 6) is 0.0345. The van der Waals surface area contributed by atoms with Crippen molar-refractivity contribution in [3.8, 4) is 0 Å². The lowest BCUT2D eigenvalue weighted by atomic mass is 9.88. The van der Waals surface area contributed by atoms with E-state index in [0.717, 1.165) is 12.1 Å². The molecule has 2 rings (SSSR count). The number of nitrogens with one attached hydrogen (secondary N) is 1. The van der Waals surface area contributed by atoms with E-state index in [1.165, 1.54) is 11.1 Å². The van der Waals surface area contributed by atoms with Gasteiger partial charge < -0.3 is 10.2 Å². The van der Waals surface area contributed by atoms with Crippen LogP contribution in [0.25, 0.3) is 0 Å². The highest BCUT2D eigenvalue weighted by Gasteiger charge is 2.41. The molecule has 1 aliphatic heterocycles. The van der Waals surface area contributed by atoms with E-state index in [2.05, 4.69) is 19.2 Å². The molecule has 0 spiro atoms. The van der Waals surface area contributed by atoms with Crippen molar-refractivity contribution in [2.24, 2.45) is 5.41 Å². The normalized spacial score (nSPS) is 21.4. The molecule has 4 nitrogen and oxygen atoms in total. The van der Waals surface area contributed by atoms with Gasteiger partial charge in [-0.1, -0.05) is 13.0 Å². The second-order valence-electron chi connectivity index (χ2n) is 6.20. The standard InChI is InChI=1S/C17H24N2O2/c1-5-14-10-15(7-6-12(14)2)18-16(21)17(4)8-9-19(11-17)13(3)20/h6-7,10H,5,8-9,11H2,1-4H3,(H,18,21). The number of aryl methyl sites for hydroxylation is 2. The fourth-order valence-electron chi connectivity index (χ4n) is 2.83. The SMILES string of the molecule is CCc1cc(NC(=O)C2(C)CCN(C(C)=O)C2)ccc1C. The van der Waals surface area contributed by atoms with Gasteiger partial charge in [0.2, 0.25) is 11.8 Å². The van der Waals surface area contributed by atoms with Gasteiger partial charge in [-0.15, -0.1) is 0 Å². The maximum atomic E-state index is 12.5.